The molecule has 0 aromatic heterocycles. The number of nitrogens with one attached hydrogen (secondary N) is 1. The minimum atomic E-state index is -0.427. The second-order valence-electron chi connectivity index (χ2n) is 4.97. The van der Waals surface area contributed by atoms with Crippen LogP contribution in [0.25, 0.3) is 0 Å². The van der Waals surface area contributed by atoms with Crippen LogP contribution < -0.4 is 5.32 Å². The Morgan fingerprint density at radius 1 is 1.42 bits per heavy atom. The highest BCUT2D eigenvalue weighted by atomic mass is 35.5. The van der Waals surface area contributed by atoms with Gasteiger partial charge in [-0.3, -0.25) is 0 Å². The fourth-order valence-corrected chi connectivity index (χ4v) is 2.66. The molecule has 4 nitrogen and oxygen atoms in total. The molecule has 2 N–H and O–H groups in total. The molecule has 1 aliphatic carbocycles. The SMILES string of the molecule is CN(C(=O)Nc1cccc(Cl)c1)[C@@H]1CCCC[C@@H]1O. The summed E-state index contributed by atoms with van der Waals surface area (Å²) < 4.78 is 0. The molecule has 0 bridgehead atoms. The van der Waals surface area contributed by atoms with Gasteiger partial charge in [0.1, 0.15) is 0 Å². The highest BCUT2D eigenvalue weighted by Gasteiger charge is 2.29. The number of hydrogen-bond donors (Lipinski definition) is 2. The van der Waals surface area contributed by atoms with Crippen molar-refractivity contribution in [3.05, 3.63) is 29.3 Å². The first-order valence-electron chi connectivity index (χ1n) is 6.55. The van der Waals surface area contributed by atoms with Crippen molar-refractivity contribution >= 4 is 23.3 Å². The summed E-state index contributed by atoms with van der Waals surface area (Å²) in [4.78, 5) is 13.7. The van der Waals surface area contributed by atoms with E-state index in [1.807, 2.05) is 0 Å². The minimum Gasteiger partial charge on any atom is -0.391 e. The maximum absolute atomic E-state index is 12.1. The molecular weight excluding hydrogens is 264 g/mol. The van der Waals surface area contributed by atoms with Crippen LogP contribution >= 0.6 is 11.6 Å². The molecule has 0 spiro atoms. The third-order valence-corrected chi connectivity index (χ3v) is 3.82. The van der Waals surface area contributed by atoms with Crippen LogP contribution in [0, 0.1) is 0 Å². The smallest absolute Gasteiger partial charge is 0.321 e. The molecule has 1 aromatic rings. The number of hydrogen-bond acceptors (Lipinski definition) is 2. The van der Waals surface area contributed by atoms with Gasteiger partial charge in [-0.25, -0.2) is 4.79 Å². The lowest BCUT2D eigenvalue weighted by molar-refractivity contribution is 0.0494. The van der Waals surface area contributed by atoms with E-state index in [2.05, 4.69) is 5.32 Å². The first-order valence-corrected chi connectivity index (χ1v) is 6.93. The predicted octanol–water partition coefficient (Wildman–Crippen LogP) is 3.11. The van der Waals surface area contributed by atoms with E-state index >= 15 is 0 Å². The predicted molar refractivity (Wildman–Crippen MR) is 76.5 cm³/mol. The third kappa shape index (κ3) is 3.61. The lowest BCUT2D eigenvalue weighted by Gasteiger charge is -2.35. The van der Waals surface area contributed by atoms with Crippen molar-refractivity contribution < 1.29 is 9.90 Å². The molecule has 0 radical (unpaired) electrons. The van der Waals surface area contributed by atoms with Crippen LogP contribution in [0.1, 0.15) is 25.7 Å². The van der Waals surface area contributed by atoms with Gasteiger partial charge >= 0.3 is 6.03 Å². The maximum Gasteiger partial charge on any atom is 0.321 e. The Labute approximate surface area is 118 Å². The van der Waals surface area contributed by atoms with Gasteiger partial charge in [0.2, 0.25) is 0 Å². The number of urea groups is 1. The lowest BCUT2D eigenvalue weighted by Crippen LogP contribution is -2.47. The zero-order chi connectivity index (χ0) is 13.8. The van der Waals surface area contributed by atoms with Crippen molar-refractivity contribution in [2.75, 3.05) is 12.4 Å². The van der Waals surface area contributed by atoms with Gasteiger partial charge in [0.25, 0.3) is 0 Å². The van der Waals surface area contributed by atoms with Crippen molar-refractivity contribution in [3.8, 4) is 0 Å². The Kier molecular flexibility index (Phi) is 4.66. The van der Waals surface area contributed by atoms with Crippen LogP contribution in [-0.2, 0) is 0 Å². The molecule has 5 heteroatoms. The van der Waals surface area contributed by atoms with Crippen molar-refractivity contribution in [1.82, 2.24) is 4.90 Å². The van der Waals surface area contributed by atoms with Gasteiger partial charge in [-0.2, -0.15) is 0 Å². The molecule has 19 heavy (non-hydrogen) atoms. The summed E-state index contributed by atoms with van der Waals surface area (Å²) >= 11 is 5.87. The largest absolute Gasteiger partial charge is 0.391 e. The summed E-state index contributed by atoms with van der Waals surface area (Å²) in [5.74, 6) is 0. The molecule has 0 unspecified atom stereocenters. The quantitative estimate of drug-likeness (QED) is 0.876. The van der Waals surface area contributed by atoms with Crippen molar-refractivity contribution in [3.63, 3.8) is 0 Å². The topological polar surface area (TPSA) is 52.6 Å². The fraction of sp³-hybridized carbons (Fsp3) is 0.500. The standard InChI is InChI=1S/C14H19ClN2O2/c1-17(12-7-2-3-8-13(12)18)14(19)16-11-6-4-5-10(15)9-11/h4-6,9,12-13,18H,2-3,7-8H2,1H3,(H,16,19)/t12-,13+/m1/s1. The van der Waals surface area contributed by atoms with E-state index in [9.17, 15) is 9.90 Å². The average Bonchev–Trinajstić information content (AvgIpc) is 2.38. The maximum atomic E-state index is 12.1. The summed E-state index contributed by atoms with van der Waals surface area (Å²) in [5.41, 5.74) is 0.662. The average molecular weight is 283 g/mol. The summed E-state index contributed by atoms with van der Waals surface area (Å²) in [6, 6.07) is 6.71. The van der Waals surface area contributed by atoms with E-state index in [4.69, 9.17) is 11.6 Å². The Balaban J connectivity index is 1.99. The van der Waals surface area contributed by atoms with Crippen LogP contribution in [0.3, 0.4) is 0 Å². The second kappa shape index (κ2) is 6.26. The zero-order valence-electron chi connectivity index (χ0n) is 11.0. The van der Waals surface area contributed by atoms with Gasteiger partial charge in [-0.1, -0.05) is 30.5 Å². The van der Waals surface area contributed by atoms with Gasteiger partial charge in [0, 0.05) is 17.8 Å². The Morgan fingerprint density at radius 3 is 2.84 bits per heavy atom. The summed E-state index contributed by atoms with van der Waals surface area (Å²) in [6.07, 6.45) is 3.27. The van der Waals surface area contributed by atoms with Gasteiger partial charge in [0.05, 0.1) is 12.1 Å². The number of aliphatic hydroxyl groups is 1. The van der Waals surface area contributed by atoms with Gasteiger partial charge in [-0.05, 0) is 31.0 Å². The van der Waals surface area contributed by atoms with Gasteiger partial charge < -0.3 is 15.3 Å². The Morgan fingerprint density at radius 2 is 2.16 bits per heavy atom. The van der Waals surface area contributed by atoms with E-state index in [1.165, 1.54) is 0 Å². The zero-order valence-corrected chi connectivity index (χ0v) is 11.7. The number of carbonyl (C=O) groups excluding carboxylic acids is 1. The number of benzene rings is 1. The number of carbonyl (C=O) groups is 1. The lowest BCUT2D eigenvalue weighted by atomic mass is 9.92. The Hall–Kier alpha value is -1.26. The summed E-state index contributed by atoms with van der Waals surface area (Å²) in [6.45, 7) is 0. The Bertz CT molecular complexity index is 453. The van der Waals surface area contributed by atoms with Crippen molar-refractivity contribution in [2.45, 2.75) is 37.8 Å². The number of nitrogens with zero attached hydrogens (tertiary/aromatic N) is 1. The molecular formula is C14H19ClN2O2. The monoisotopic (exact) mass is 282 g/mol. The minimum absolute atomic E-state index is 0.104. The highest BCUT2D eigenvalue weighted by Crippen LogP contribution is 2.23. The fourth-order valence-electron chi connectivity index (χ4n) is 2.47. The number of rotatable bonds is 2. The van der Waals surface area contributed by atoms with Crippen LogP contribution in [0.5, 0.6) is 0 Å². The van der Waals surface area contributed by atoms with E-state index in [0.717, 1.165) is 25.7 Å². The summed E-state index contributed by atoms with van der Waals surface area (Å²) in [5, 5.41) is 13.3. The molecule has 104 valence electrons. The molecule has 2 atom stereocenters. The van der Waals surface area contributed by atoms with Crippen molar-refractivity contribution in [2.24, 2.45) is 0 Å². The molecule has 0 saturated heterocycles. The molecule has 2 amide bonds. The van der Waals surface area contributed by atoms with Crippen LogP contribution in [0.2, 0.25) is 5.02 Å². The number of halogens is 1. The van der Waals surface area contributed by atoms with E-state index < -0.39 is 6.10 Å². The molecule has 1 aliphatic rings. The number of likely N-dealkylation sites (N-methyl/N-ethyl adjacent to an activating group) is 1. The first-order chi connectivity index (χ1) is 9.08. The molecule has 0 aliphatic heterocycles. The second-order valence-corrected chi connectivity index (χ2v) is 5.41. The third-order valence-electron chi connectivity index (χ3n) is 3.59. The van der Waals surface area contributed by atoms with Crippen LogP contribution in [0.15, 0.2) is 24.3 Å². The van der Waals surface area contributed by atoms with Crippen LogP contribution in [-0.4, -0.2) is 35.2 Å². The molecule has 1 saturated carbocycles. The molecule has 1 aromatic carbocycles. The van der Waals surface area contributed by atoms with E-state index in [0.29, 0.717) is 10.7 Å². The molecule has 1 fully saturated rings. The first kappa shape index (κ1) is 14.2. The normalized spacial score (nSPS) is 22.9. The van der Waals surface area contributed by atoms with E-state index in [-0.39, 0.29) is 12.1 Å². The molecule has 0 heterocycles. The van der Waals surface area contributed by atoms with E-state index in [1.54, 1.807) is 36.2 Å². The van der Waals surface area contributed by atoms with Crippen LogP contribution in [0.4, 0.5) is 10.5 Å². The molecule has 2 rings (SSSR count). The van der Waals surface area contributed by atoms with Gasteiger partial charge in [0.15, 0.2) is 0 Å². The van der Waals surface area contributed by atoms with Crippen molar-refractivity contribution in [1.29, 1.82) is 0 Å². The number of amides is 2. The highest BCUT2D eigenvalue weighted by molar-refractivity contribution is 6.30. The number of anilines is 1. The van der Waals surface area contributed by atoms with Gasteiger partial charge in [-0.15, -0.1) is 0 Å². The number of aliphatic hydroxyl groups excluding tert-OH is 1. The summed E-state index contributed by atoms with van der Waals surface area (Å²) in [7, 11) is 1.72.